The van der Waals surface area contributed by atoms with Crippen LogP contribution in [0.3, 0.4) is 0 Å². The van der Waals surface area contributed by atoms with Gasteiger partial charge >= 0.3 is 0 Å². The fraction of sp³-hybridized carbons (Fsp3) is 0.429. The van der Waals surface area contributed by atoms with Crippen LogP contribution in [0.25, 0.3) is 0 Å². The summed E-state index contributed by atoms with van der Waals surface area (Å²) in [5.74, 6) is -1.18. The Labute approximate surface area is 121 Å². The Morgan fingerprint density at radius 2 is 1.67 bits per heavy atom. The quantitative estimate of drug-likeness (QED) is 0.388. The van der Waals surface area contributed by atoms with Gasteiger partial charge in [0.05, 0.1) is 6.61 Å². The van der Waals surface area contributed by atoms with Crippen molar-refractivity contribution in [1.29, 1.82) is 0 Å². The number of nitrogens with one attached hydrogen (secondary N) is 1. The number of rotatable bonds is 7. The maximum absolute atomic E-state index is 12.3. The molecule has 0 radical (unpaired) electrons. The Hall–Kier alpha value is -1.80. The third kappa shape index (κ3) is 4.61. The van der Waals surface area contributed by atoms with Crippen molar-refractivity contribution in [3.05, 3.63) is 35.9 Å². The lowest BCUT2D eigenvalue weighted by atomic mass is 9.94. The molecule has 0 unspecified atom stereocenters. The van der Waals surface area contributed by atoms with E-state index in [9.17, 15) is 24.9 Å². The summed E-state index contributed by atoms with van der Waals surface area (Å²) in [5.41, 5.74) is 0.237. The van der Waals surface area contributed by atoms with Crippen LogP contribution in [0.4, 0.5) is 0 Å². The zero-order valence-corrected chi connectivity index (χ0v) is 11.5. The predicted molar refractivity (Wildman–Crippen MR) is 73.5 cm³/mol. The monoisotopic (exact) mass is 297 g/mol. The van der Waals surface area contributed by atoms with Crippen molar-refractivity contribution in [3.63, 3.8) is 0 Å². The highest BCUT2D eigenvalue weighted by Crippen LogP contribution is 2.11. The van der Waals surface area contributed by atoms with E-state index in [1.807, 2.05) is 0 Å². The van der Waals surface area contributed by atoms with E-state index in [0.717, 1.165) is 6.92 Å². The molecule has 0 aliphatic heterocycles. The molecule has 21 heavy (non-hydrogen) atoms. The number of benzene rings is 1. The van der Waals surface area contributed by atoms with Crippen LogP contribution in [0.15, 0.2) is 30.3 Å². The van der Waals surface area contributed by atoms with Crippen LogP contribution >= 0.6 is 0 Å². The van der Waals surface area contributed by atoms with E-state index in [2.05, 4.69) is 5.32 Å². The third-order valence-corrected chi connectivity index (χ3v) is 2.97. The maximum atomic E-state index is 12.3. The summed E-state index contributed by atoms with van der Waals surface area (Å²) in [6, 6.07) is 6.50. The first-order valence-corrected chi connectivity index (χ1v) is 6.40. The first-order valence-electron chi connectivity index (χ1n) is 6.40. The molecule has 7 heteroatoms. The molecule has 116 valence electrons. The van der Waals surface area contributed by atoms with Crippen molar-refractivity contribution in [2.45, 2.75) is 31.3 Å². The molecular formula is C14H19NO6. The van der Waals surface area contributed by atoms with Gasteiger partial charge in [-0.25, -0.2) is 0 Å². The standard InChI is InChI=1S/C14H19NO6/c1-8(17)15-11(14(21)13(20)10(18)7-16)12(19)9-5-3-2-4-6-9/h2-6,10-11,13-14,16,18,20-21H,7H2,1H3,(H,15,17)/t10-,11+,13-,14-/m1/s1. The normalized spacial score (nSPS) is 16.6. The largest absolute Gasteiger partial charge is 0.394 e. The van der Waals surface area contributed by atoms with Crippen molar-refractivity contribution in [3.8, 4) is 0 Å². The first kappa shape index (κ1) is 17.3. The van der Waals surface area contributed by atoms with Crippen LogP contribution in [0, 0.1) is 0 Å². The number of aliphatic hydroxyl groups excluding tert-OH is 4. The van der Waals surface area contributed by atoms with Crippen LogP contribution in [0.1, 0.15) is 17.3 Å². The molecule has 1 amide bonds. The Morgan fingerprint density at radius 3 is 2.14 bits per heavy atom. The van der Waals surface area contributed by atoms with Crippen LogP contribution in [0.2, 0.25) is 0 Å². The third-order valence-electron chi connectivity index (χ3n) is 2.97. The lowest BCUT2D eigenvalue weighted by molar-refractivity contribution is -0.122. The molecule has 0 aliphatic rings. The van der Waals surface area contributed by atoms with Crippen molar-refractivity contribution in [2.24, 2.45) is 0 Å². The lowest BCUT2D eigenvalue weighted by Gasteiger charge is -2.28. The summed E-state index contributed by atoms with van der Waals surface area (Å²) in [6.45, 7) is 0.372. The first-order chi connectivity index (χ1) is 9.88. The minimum Gasteiger partial charge on any atom is -0.394 e. The molecule has 1 rings (SSSR count). The molecule has 0 fully saturated rings. The predicted octanol–water partition coefficient (Wildman–Crippen LogP) is -1.55. The minimum atomic E-state index is -1.78. The second kappa shape index (κ2) is 7.84. The average molecular weight is 297 g/mol. The van der Waals surface area contributed by atoms with E-state index in [1.54, 1.807) is 18.2 Å². The van der Waals surface area contributed by atoms with Gasteiger partial charge in [-0.1, -0.05) is 30.3 Å². The van der Waals surface area contributed by atoms with Crippen molar-refractivity contribution >= 4 is 11.7 Å². The molecule has 4 atom stereocenters. The van der Waals surface area contributed by atoms with Crippen LogP contribution in [-0.2, 0) is 4.79 Å². The highest BCUT2D eigenvalue weighted by Gasteiger charge is 2.36. The lowest BCUT2D eigenvalue weighted by Crippen LogP contribution is -2.55. The highest BCUT2D eigenvalue weighted by molar-refractivity contribution is 6.02. The highest BCUT2D eigenvalue weighted by atomic mass is 16.4. The van der Waals surface area contributed by atoms with Gasteiger partial charge in [-0.05, 0) is 0 Å². The van der Waals surface area contributed by atoms with Gasteiger partial charge in [-0.15, -0.1) is 0 Å². The maximum Gasteiger partial charge on any atom is 0.217 e. The van der Waals surface area contributed by atoms with Gasteiger partial charge < -0.3 is 25.7 Å². The van der Waals surface area contributed by atoms with Gasteiger partial charge in [0.1, 0.15) is 24.4 Å². The number of hydrogen-bond donors (Lipinski definition) is 5. The molecule has 0 bridgehead atoms. The number of amides is 1. The van der Waals surface area contributed by atoms with Crippen molar-refractivity contribution < 1.29 is 30.0 Å². The molecule has 1 aromatic carbocycles. The number of ketones is 1. The second-order valence-electron chi connectivity index (χ2n) is 4.64. The minimum absolute atomic E-state index is 0.237. The van der Waals surface area contributed by atoms with Crippen molar-refractivity contribution in [2.75, 3.05) is 6.61 Å². The molecule has 0 heterocycles. The molecule has 1 aromatic rings. The van der Waals surface area contributed by atoms with E-state index in [-0.39, 0.29) is 5.56 Å². The number of carbonyl (C=O) groups excluding carboxylic acids is 2. The summed E-state index contributed by atoms with van der Waals surface area (Å²) in [6.07, 6.45) is -5.16. The summed E-state index contributed by atoms with van der Waals surface area (Å²) in [5, 5.41) is 40.1. The Bertz CT molecular complexity index is 478. The summed E-state index contributed by atoms with van der Waals surface area (Å²) in [7, 11) is 0. The van der Waals surface area contributed by atoms with E-state index in [1.165, 1.54) is 12.1 Å². The van der Waals surface area contributed by atoms with E-state index in [4.69, 9.17) is 5.11 Å². The smallest absolute Gasteiger partial charge is 0.217 e. The molecule has 0 saturated heterocycles. The molecule has 0 aliphatic carbocycles. The van der Waals surface area contributed by atoms with Crippen LogP contribution < -0.4 is 5.32 Å². The average Bonchev–Trinajstić information content (AvgIpc) is 2.50. The van der Waals surface area contributed by atoms with E-state index >= 15 is 0 Å². The van der Waals surface area contributed by atoms with Crippen LogP contribution in [0.5, 0.6) is 0 Å². The fourth-order valence-corrected chi connectivity index (χ4v) is 1.84. The summed E-state index contributed by atoms with van der Waals surface area (Å²) >= 11 is 0. The fourth-order valence-electron chi connectivity index (χ4n) is 1.84. The van der Waals surface area contributed by atoms with E-state index in [0.29, 0.717) is 0 Å². The number of aliphatic hydroxyl groups is 4. The van der Waals surface area contributed by atoms with Crippen molar-refractivity contribution in [1.82, 2.24) is 5.32 Å². The number of carbonyl (C=O) groups is 2. The van der Waals surface area contributed by atoms with Gasteiger partial charge in [0.25, 0.3) is 0 Å². The summed E-state index contributed by atoms with van der Waals surface area (Å²) in [4.78, 5) is 23.5. The van der Waals surface area contributed by atoms with Crippen LogP contribution in [-0.4, -0.2) is 63.1 Å². The zero-order valence-electron chi connectivity index (χ0n) is 11.5. The van der Waals surface area contributed by atoms with Gasteiger partial charge in [0.15, 0.2) is 5.78 Å². The van der Waals surface area contributed by atoms with E-state index < -0.39 is 42.7 Å². The SMILES string of the molecule is CC(=O)N[C@@H](C(=O)c1ccccc1)[C@@H](O)[C@H](O)[C@H](O)CO. The molecular weight excluding hydrogens is 278 g/mol. The Morgan fingerprint density at radius 1 is 1.10 bits per heavy atom. The Kier molecular flexibility index (Phi) is 6.44. The molecule has 0 spiro atoms. The topological polar surface area (TPSA) is 127 Å². The molecule has 0 saturated carbocycles. The Balaban J connectivity index is 3.00. The second-order valence-corrected chi connectivity index (χ2v) is 4.64. The number of hydrogen-bond acceptors (Lipinski definition) is 6. The van der Waals surface area contributed by atoms with Gasteiger partial charge in [-0.3, -0.25) is 9.59 Å². The summed E-state index contributed by atoms with van der Waals surface area (Å²) < 4.78 is 0. The van der Waals surface area contributed by atoms with Gasteiger partial charge in [0, 0.05) is 12.5 Å². The molecule has 0 aromatic heterocycles. The molecule has 5 N–H and O–H groups in total. The number of Topliss-reactive ketones (excluding diaryl/α,β-unsaturated/α-hetero) is 1. The molecule has 7 nitrogen and oxygen atoms in total. The zero-order chi connectivity index (χ0) is 16.0. The van der Waals surface area contributed by atoms with Gasteiger partial charge in [-0.2, -0.15) is 0 Å². The van der Waals surface area contributed by atoms with Gasteiger partial charge in [0.2, 0.25) is 5.91 Å².